The second-order valence-corrected chi connectivity index (χ2v) is 24.3. The van der Waals surface area contributed by atoms with Gasteiger partial charge in [-0.2, -0.15) is 0 Å². The Balaban J connectivity index is 0.987. The molecule has 2 saturated heterocycles. The van der Waals surface area contributed by atoms with Crippen LogP contribution in [0.1, 0.15) is 56.0 Å². The van der Waals surface area contributed by atoms with Crippen molar-refractivity contribution in [3.63, 3.8) is 0 Å². The number of anilines is 2. The summed E-state index contributed by atoms with van der Waals surface area (Å²) in [6, 6.07) is 20.2. The molecular weight excluding hydrogens is 887 g/mol. The Labute approximate surface area is 385 Å². The molecule has 0 unspecified atom stereocenters. The molecule has 0 radical (unpaired) electrons. The van der Waals surface area contributed by atoms with Gasteiger partial charge in [0, 0.05) is 92.8 Å². The second kappa shape index (κ2) is 19.0. The van der Waals surface area contributed by atoms with Crippen LogP contribution in [0.3, 0.4) is 0 Å². The van der Waals surface area contributed by atoms with Crippen LogP contribution < -0.4 is 19.7 Å². The molecule has 2 aromatic heterocycles. The highest BCUT2D eigenvalue weighted by atomic mass is 35.5. The molecule has 8 rings (SSSR count). The lowest BCUT2D eigenvalue weighted by Crippen LogP contribution is -2.47. The van der Waals surface area contributed by atoms with E-state index >= 15 is 0 Å². The lowest BCUT2D eigenvalue weighted by molar-refractivity contribution is -0.384. The molecular formula is C47H57ClN8O7PS+. The maximum atomic E-state index is 14.0. The molecule has 1 aliphatic carbocycles. The number of H-pyrrole nitrogens is 1. The van der Waals surface area contributed by atoms with Crippen LogP contribution in [0, 0.1) is 15.5 Å². The van der Waals surface area contributed by atoms with Gasteiger partial charge in [-0.25, -0.2) is 18.1 Å². The lowest BCUT2D eigenvalue weighted by atomic mass is 9.72. The number of amides is 1. The monoisotopic (exact) mass is 943 g/mol. The average Bonchev–Trinajstić information content (AvgIpc) is 3.73. The van der Waals surface area contributed by atoms with Gasteiger partial charge in [-0.1, -0.05) is 43.2 Å². The van der Waals surface area contributed by atoms with Gasteiger partial charge in [0.2, 0.25) is 0 Å². The van der Waals surface area contributed by atoms with Gasteiger partial charge in [0.1, 0.15) is 30.3 Å². The Hall–Kier alpha value is -5.09. The zero-order valence-corrected chi connectivity index (χ0v) is 39.7. The number of halogens is 1. The van der Waals surface area contributed by atoms with Gasteiger partial charge in [-0.15, -0.1) is 0 Å². The number of nitrogens with one attached hydrogen (secondary N) is 3. The molecule has 2 fully saturated rings. The van der Waals surface area contributed by atoms with Gasteiger partial charge >= 0.3 is 0 Å². The largest absolute Gasteiger partial charge is 0.455 e. The number of fused-ring (bicyclic) bond motifs is 1. The van der Waals surface area contributed by atoms with Crippen LogP contribution in [0.5, 0.6) is 11.5 Å². The van der Waals surface area contributed by atoms with Crippen molar-refractivity contribution in [3.8, 4) is 11.5 Å². The summed E-state index contributed by atoms with van der Waals surface area (Å²) in [5.41, 5.74) is 5.44. The number of nitrogens with zero attached hydrogens (tertiary/aromatic N) is 5. The minimum Gasteiger partial charge on any atom is -0.455 e. The van der Waals surface area contributed by atoms with Crippen LogP contribution in [0.2, 0.25) is 5.02 Å². The summed E-state index contributed by atoms with van der Waals surface area (Å²) in [6.07, 6.45) is 7.93. The van der Waals surface area contributed by atoms with Crippen molar-refractivity contribution in [3.05, 3.63) is 117 Å². The fourth-order valence-electron chi connectivity index (χ4n) is 8.99. The first kappa shape index (κ1) is 46.4. The number of allylic oxidation sites excluding steroid dienone is 1. The molecule has 15 nitrogen and oxygen atoms in total. The number of rotatable bonds is 14. The van der Waals surface area contributed by atoms with Crippen LogP contribution in [0.25, 0.3) is 16.6 Å². The highest BCUT2D eigenvalue weighted by molar-refractivity contribution is 7.90. The van der Waals surface area contributed by atoms with Crippen LogP contribution in [-0.4, -0.2) is 121 Å². The molecule has 65 heavy (non-hydrogen) atoms. The number of carbonyl (C=O) groups is 1. The van der Waals surface area contributed by atoms with Crippen molar-refractivity contribution >= 4 is 68.7 Å². The van der Waals surface area contributed by atoms with E-state index in [0.717, 1.165) is 99.6 Å². The third-order valence-electron chi connectivity index (χ3n) is 12.8. The number of sulfonamides is 1. The standard InChI is InChI=1S/C47H56ClN8O7PS/c1-32(30-54-21-23-64(4,60)24-22-54)51-42-12-10-39(27-43(42)56(58)59)65(61,62)52-46(57)40-11-9-37(26-44(40)63-38-25-34-14-16-49-45(34)50-29-38)55-19-17-53(18-20-55)31-35-13-15-47(2,3)28-41(35)33-5-7-36(48)8-6-33/h5-12,14,16,25-27,29,32,51,60H,13,15,17-24,28,30-31H2,1-4H3,(H-,49,50,52,57)/p+1/t32-/m0/s1. The number of piperazine rings is 1. The van der Waals surface area contributed by atoms with Crippen molar-refractivity contribution in [2.24, 2.45) is 5.41 Å². The Bertz CT molecular complexity index is 2710. The highest BCUT2D eigenvalue weighted by Crippen LogP contribution is 2.51. The molecule has 2 aliphatic heterocycles. The van der Waals surface area contributed by atoms with E-state index in [0.29, 0.717) is 17.9 Å². The first-order chi connectivity index (χ1) is 30.9. The normalized spacial score (nSPS) is 18.6. The van der Waals surface area contributed by atoms with Gasteiger partial charge in [-0.3, -0.25) is 29.6 Å². The fourth-order valence-corrected chi connectivity index (χ4v) is 11.7. The van der Waals surface area contributed by atoms with E-state index in [1.54, 1.807) is 30.5 Å². The summed E-state index contributed by atoms with van der Waals surface area (Å²) < 4.78 is 36.0. The third kappa shape index (κ3) is 11.3. The molecule has 3 aliphatic rings. The van der Waals surface area contributed by atoms with E-state index < -0.39 is 38.9 Å². The molecule has 3 aromatic carbocycles. The minimum atomic E-state index is -4.59. The Morgan fingerprint density at radius 1 is 1.02 bits per heavy atom. The Morgan fingerprint density at radius 3 is 2.48 bits per heavy atom. The summed E-state index contributed by atoms with van der Waals surface area (Å²) in [7, 11) is -6.46. The second-order valence-electron chi connectivity index (χ2n) is 18.6. The number of aromatic amines is 1. The summed E-state index contributed by atoms with van der Waals surface area (Å²) >= 11 is 6.25. The van der Waals surface area contributed by atoms with Crippen LogP contribution in [-0.2, 0) is 10.0 Å². The molecule has 0 spiro atoms. The first-order valence-electron chi connectivity index (χ1n) is 22.0. The van der Waals surface area contributed by atoms with Crippen molar-refractivity contribution in [1.82, 2.24) is 24.5 Å². The first-order valence-corrected chi connectivity index (χ1v) is 26.4. The lowest BCUT2D eigenvalue weighted by Gasteiger charge is -2.39. The van der Waals surface area contributed by atoms with Gasteiger partial charge in [0.25, 0.3) is 21.6 Å². The smallest absolute Gasteiger partial charge is 0.293 e. The van der Waals surface area contributed by atoms with E-state index in [4.69, 9.17) is 16.3 Å². The maximum Gasteiger partial charge on any atom is 0.293 e. The van der Waals surface area contributed by atoms with Crippen LogP contribution in [0.4, 0.5) is 17.1 Å². The van der Waals surface area contributed by atoms with Gasteiger partial charge in [0.05, 0.1) is 40.6 Å². The third-order valence-corrected chi connectivity index (χ3v) is 16.7. The molecule has 1 amide bonds. The predicted molar refractivity (Wildman–Crippen MR) is 259 cm³/mol. The molecule has 344 valence electrons. The van der Waals surface area contributed by atoms with Gasteiger partial charge < -0.3 is 19.9 Å². The minimum absolute atomic E-state index is 0.0463. The quantitative estimate of drug-likeness (QED) is 0.0474. The Morgan fingerprint density at radius 2 is 1.75 bits per heavy atom. The van der Waals surface area contributed by atoms with Crippen LogP contribution >= 0.6 is 19.1 Å². The van der Waals surface area contributed by atoms with Gasteiger partial charge in [-0.05, 0) is 91.3 Å². The zero-order valence-electron chi connectivity index (χ0n) is 37.2. The summed E-state index contributed by atoms with van der Waals surface area (Å²) in [6.45, 7) is 14.5. The molecule has 0 saturated carbocycles. The molecule has 18 heteroatoms. The van der Waals surface area contributed by atoms with Crippen molar-refractivity contribution in [2.45, 2.75) is 51.0 Å². The predicted octanol–water partition coefficient (Wildman–Crippen LogP) is 8.49. The van der Waals surface area contributed by atoms with E-state index in [1.165, 1.54) is 35.0 Å². The number of hydrogen-bond donors (Lipinski definition) is 4. The van der Waals surface area contributed by atoms with E-state index in [9.17, 15) is 28.2 Å². The van der Waals surface area contributed by atoms with Crippen molar-refractivity contribution in [2.75, 3.05) is 81.6 Å². The Kier molecular flexibility index (Phi) is 13.6. The van der Waals surface area contributed by atoms with E-state index in [2.05, 4.69) is 60.7 Å². The number of carbonyl (C=O) groups excluding carboxylic acids is 1. The number of hydrogen-bond acceptors (Lipinski definition) is 12. The SMILES string of the molecule is C[C@@H](CN1CC[P+](C)(O)CC1)Nc1ccc(S(=O)(=O)NC(=O)c2ccc(N3CCN(CC4=C(c5ccc(Cl)cc5)CC(C)(C)CC4)CC3)cc2Oc2cnc3[nH]ccc3c2)cc1[N+](=O)[O-]. The van der Waals surface area contributed by atoms with Crippen molar-refractivity contribution in [1.29, 1.82) is 0 Å². The molecule has 5 aromatic rings. The van der Waals surface area contributed by atoms with Gasteiger partial charge in [0.15, 0.2) is 0 Å². The topological polar surface area (TPSA) is 186 Å². The molecule has 1 atom stereocenters. The maximum absolute atomic E-state index is 14.0. The number of ether oxygens (including phenoxy) is 1. The summed E-state index contributed by atoms with van der Waals surface area (Å²) in [5, 5.41) is 16.9. The fraction of sp³-hybridized carbons (Fsp3) is 0.404. The molecule has 0 bridgehead atoms. The average molecular weight is 945 g/mol. The van der Waals surface area contributed by atoms with E-state index in [1.807, 2.05) is 31.8 Å². The number of nitro groups is 1. The zero-order chi connectivity index (χ0) is 46.1. The highest BCUT2D eigenvalue weighted by Gasteiger charge is 2.35. The molecule has 4 heterocycles. The van der Waals surface area contributed by atoms with Crippen LogP contribution in [0.15, 0.2) is 95.7 Å². The number of aromatic nitrogens is 2. The van der Waals surface area contributed by atoms with Crippen molar-refractivity contribution < 1.29 is 27.8 Å². The summed E-state index contributed by atoms with van der Waals surface area (Å²) in [5.74, 6) is -0.498. The molecule has 4 N–H and O–H groups in total. The number of pyridine rings is 1. The number of benzene rings is 3. The van der Waals surface area contributed by atoms with E-state index in [-0.39, 0.29) is 28.5 Å². The summed E-state index contributed by atoms with van der Waals surface area (Å²) in [4.78, 5) is 50.0. The number of nitro benzene ring substituents is 1.